The number of allylic oxidation sites excluding steroid dienone is 1. The van der Waals surface area contributed by atoms with E-state index >= 15 is 0 Å². The number of hydrogen-bond donors (Lipinski definition) is 1. The Morgan fingerprint density at radius 1 is 1.08 bits per heavy atom. The number of carbonyl (C=O) groups is 1. The molecule has 0 bridgehead atoms. The third kappa shape index (κ3) is 13.3. The Kier molecular flexibility index (Phi) is 18.0. The zero-order valence-electron chi connectivity index (χ0n) is 23.3. The summed E-state index contributed by atoms with van der Waals surface area (Å²) in [7, 11) is -3.46. The van der Waals surface area contributed by atoms with Crippen LogP contribution in [0.4, 0.5) is 0 Å². The van der Waals surface area contributed by atoms with Crippen LogP contribution < -0.4 is 4.72 Å². The number of benzene rings is 1. The van der Waals surface area contributed by atoms with Crippen LogP contribution in [0.25, 0.3) is 0 Å². The molecule has 212 valence electrons. The average Bonchev–Trinajstić information content (AvgIpc) is 2.88. The normalized spacial score (nSPS) is 13.2. The lowest BCUT2D eigenvalue weighted by molar-refractivity contribution is -0.133. The van der Waals surface area contributed by atoms with Crippen LogP contribution >= 0.6 is 35.3 Å². The second-order valence-electron chi connectivity index (χ2n) is 9.31. The zero-order valence-corrected chi connectivity index (χ0v) is 26.5. The van der Waals surface area contributed by atoms with E-state index in [1.165, 1.54) is 29.3 Å². The highest BCUT2D eigenvalue weighted by molar-refractivity contribution is 8.17. The van der Waals surface area contributed by atoms with Crippen molar-refractivity contribution in [3.63, 3.8) is 0 Å². The molecule has 0 aromatic heterocycles. The Labute approximate surface area is 240 Å². The van der Waals surface area contributed by atoms with Gasteiger partial charge in [0.1, 0.15) is 6.04 Å². The molecule has 0 saturated carbocycles. The molecule has 1 rings (SSSR count). The van der Waals surface area contributed by atoms with Gasteiger partial charge in [-0.3, -0.25) is 4.79 Å². The molecule has 0 aliphatic carbocycles. The molecule has 1 aromatic rings. The summed E-state index contributed by atoms with van der Waals surface area (Å²) in [4.78, 5) is 15.7. The van der Waals surface area contributed by atoms with Gasteiger partial charge in [0.15, 0.2) is 9.84 Å². The fourth-order valence-corrected chi connectivity index (χ4v) is 8.56. The van der Waals surface area contributed by atoms with Crippen molar-refractivity contribution < 1.29 is 13.2 Å². The van der Waals surface area contributed by atoms with E-state index in [0.717, 1.165) is 44.1 Å². The van der Waals surface area contributed by atoms with Gasteiger partial charge in [-0.2, -0.15) is 0 Å². The van der Waals surface area contributed by atoms with Crippen LogP contribution in [0, 0.1) is 0 Å². The van der Waals surface area contributed by atoms with Crippen LogP contribution in [0.3, 0.4) is 0 Å². The largest absolute Gasteiger partial charge is 0.337 e. The summed E-state index contributed by atoms with van der Waals surface area (Å²) in [6.07, 6.45) is 8.41. The van der Waals surface area contributed by atoms with Crippen LogP contribution in [0.15, 0.2) is 34.7 Å². The van der Waals surface area contributed by atoms with Crippen molar-refractivity contribution in [1.29, 1.82) is 0 Å². The van der Waals surface area contributed by atoms with E-state index in [9.17, 15) is 13.2 Å². The number of thioether (sulfide) groups is 1. The Morgan fingerprint density at radius 3 is 2.35 bits per heavy atom. The van der Waals surface area contributed by atoms with Crippen molar-refractivity contribution in [3.8, 4) is 0 Å². The molecule has 0 aliphatic rings. The van der Waals surface area contributed by atoms with E-state index in [0.29, 0.717) is 35.4 Å². The molecule has 1 N–H and O–H groups in total. The minimum Gasteiger partial charge on any atom is -0.337 e. The van der Waals surface area contributed by atoms with Gasteiger partial charge < -0.3 is 4.90 Å². The molecule has 0 fully saturated rings. The van der Waals surface area contributed by atoms with Gasteiger partial charge in [0, 0.05) is 13.1 Å². The molecule has 1 atom stereocenters. The molecule has 0 radical (unpaired) electrons. The van der Waals surface area contributed by atoms with Gasteiger partial charge in [-0.25, -0.2) is 13.1 Å². The van der Waals surface area contributed by atoms with Crippen molar-refractivity contribution >= 4 is 51.1 Å². The van der Waals surface area contributed by atoms with E-state index in [-0.39, 0.29) is 11.7 Å². The SMILES string of the molecule is CC/C=C(/Cl)SCSNC(CS(=O)(=O)C(CCC)CCC)C(=O)N(CCCC)Cc1cccc(CC)c1. The maximum absolute atomic E-state index is 13.9. The van der Waals surface area contributed by atoms with E-state index in [2.05, 4.69) is 30.7 Å². The molecule has 5 nitrogen and oxygen atoms in total. The highest BCUT2D eigenvalue weighted by Gasteiger charge is 2.33. The number of nitrogens with zero attached hydrogens (tertiary/aromatic N) is 1. The standard InChI is InChI=1S/C28H47ClN2O3S3/c1-6-11-18-31(20-24-17-12-16-23(10-5)19-24)28(32)26(30-36-22-35-27(29)15-9-4)21-37(33,34)25(13-7-2)14-8-3/h12,15-17,19,25-26,30H,6-11,13-14,18,20-22H2,1-5H3/b27-15-. The number of sulfone groups is 1. The van der Waals surface area contributed by atoms with Crippen molar-refractivity contribution in [2.75, 3.05) is 17.4 Å². The minimum absolute atomic E-state index is 0.154. The summed E-state index contributed by atoms with van der Waals surface area (Å²) in [6, 6.07) is 7.48. The smallest absolute Gasteiger partial charge is 0.241 e. The molecule has 1 unspecified atom stereocenters. The van der Waals surface area contributed by atoms with E-state index < -0.39 is 21.1 Å². The molecule has 0 heterocycles. The number of hydrogen-bond acceptors (Lipinski definition) is 6. The van der Waals surface area contributed by atoms with Gasteiger partial charge >= 0.3 is 0 Å². The minimum atomic E-state index is -3.46. The molecule has 1 aromatic carbocycles. The lowest BCUT2D eigenvalue weighted by Crippen LogP contribution is -2.49. The van der Waals surface area contributed by atoms with Crippen molar-refractivity contribution in [2.45, 2.75) is 104 Å². The number of amides is 1. The van der Waals surface area contributed by atoms with Gasteiger partial charge in [0.25, 0.3) is 0 Å². The first kappa shape index (κ1) is 34.4. The van der Waals surface area contributed by atoms with E-state index in [1.807, 2.05) is 43.9 Å². The highest BCUT2D eigenvalue weighted by Crippen LogP contribution is 2.25. The topological polar surface area (TPSA) is 66.5 Å². The van der Waals surface area contributed by atoms with Crippen LogP contribution in [0.1, 0.15) is 90.7 Å². The number of halogens is 1. The Bertz CT molecular complexity index is 919. The van der Waals surface area contributed by atoms with Gasteiger partial charge in [-0.05, 0) is 43.2 Å². The predicted octanol–water partition coefficient (Wildman–Crippen LogP) is 7.55. The first-order valence-corrected chi connectivity index (χ1v) is 17.7. The number of unbranched alkanes of at least 4 members (excludes halogenated alkanes) is 1. The number of nitrogens with one attached hydrogen (secondary N) is 1. The van der Waals surface area contributed by atoms with Crippen molar-refractivity contribution in [3.05, 3.63) is 45.8 Å². The Hall–Kier alpha value is -0.670. The van der Waals surface area contributed by atoms with Crippen LogP contribution in [0.5, 0.6) is 0 Å². The van der Waals surface area contributed by atoms with E-state index in [4.69, 9.17) is 11.6 Å². The van der Waals surface area contributed by atoms with Crippen molar-refractivity contribution in [2.24, 2.45) is 0 Å². The lowest BCUT2D eigenvalue weighted by Gasteiger charge is -2.29. The van der Waals surface area contributed by atoms with Crippen molar-refractivity contribution in [1.82, 2.24) is 9.62 Å². The summed E-state index contributed by atoms with van der Waals surface area (Å²) in [5.74, 6) is -0.344. The summed E-state index contributed by atoms with van der Waals surface area (Å²) in [6.45, 7) is 11.3. The summed E-state index contributed by atoms with van der Waals surface area (Å²) in [5.41, 5.74) is 2.30. The fourth-order valence-electron chi connectivity index (χ4n) is 4.12. The van der Waals surface area contributed by atoms with Gasteiger partial charge in [-0.1, -0.05) is 108 Å². The third-order valence-electron chi connectivity index (χ3n) is 6.14. The van der Waals surface area contributed by atoms with Gasteiger partial charge in [-0.15, -0.1) is 11.8 Å². The maximum Gasteiger partial charge on any atom is 0.241 e. The lowest BCUT2D eigenvalue weighted by atomic mass is 10.1. The van der Waals surface area contributed by atoms with Crippen LogP contribution in [-0.2, 0) is 27.6 Å². The average molecular weight is 591 g/mol. The van der Waals surface area contributed by atoms with Gasteiger partial charge in [0.05, 0.1) is 20.5 Å². The molecular weight excluding hydrogens is 544 g/mol. The quantitative estimate of drug-likeness (QED) is 0.0960. The fraction of sp³-hybridized carbons (Fsp3) is 0.679. The first-order chi connectivity index (χ1) is 17.7. The predicted molar refractivity (Wildman–Crippen MR) is 165 cm³/mol. The molecule has 0 spiro atoms. The summed E-state index contributed by atoms with van der Waals surface area (Å²) in [5, 5.41) is 0.172. The zero-order chi connectivity index (χ0) is 27.7. The van der Waals surface area contributed by atoms with Crippen LogP contribution in [0.2, 0.25) is 0 Å². The molecular formula is C28H47ClN2O3S3. The van der Waals surface area contributed by atoms with Crippen LogP contribution in [-0.4, -0.2) is 47.9 Å². The monoisotopic (exact) mass is 590 g/mol. The summed E-state index contributed by atoms with van der Waals surface area (Å²) < 4.78 is 30.9. The third-order valence-corrected chi connectivity index (χ3v) is 10.7. The maximum atomic E-state index is 13.9. The number of aryl methyl sites for hydroxylation is 1. The van der Waals surface area contributed by atoms with E-state index in [1.54, 1.807) is 0 Å². The molecule has 9 heteroatoms. The first-order valence-electron chi connectivity index (χ1n) is 13.7. The second-order valence-corrected chi connectivity index (χ2v) is 14.5. The number of carbonyl (C=O) groups excluding carboxylic acids is 1. The molecule has 37 heavy (non-hydrogen) atoms. The Morgan fingerprint density at radius 2 is 1.76 bits per heavy atom. The second kappa shape index (κ2) is 19.4. The number of rotatable bonds is 20. The molecule has 0 saturated heterocycles. The molecule has 1 amide bonds. The Balaban J connectivity index is 3.17. The van der Waals surface area contributed by atoms with Gasteiger partial charge in [0.2, 0.25) is 5.91 Å². The molecule has 0 aliphatic heterocycles. The summed E-state index contributed by atoms with van der Waals surface area (Å²) >= 11 is 9.04. The highest BCUT2D eigenvalue weighted by atomic mass is 35.5.